The van der Waals surface area contributed by atoms with Gasteiger partial charge < -0.3 is 10.4 Å². The molecule has 0 saturated heterocycles. The van der Waals surface area contributed by atoms with Gasteiger partial charge in [0.2, 0.25) is 5.16 Å². The molecule has 2 N–H and O–H groups in total. The molecule has 39 heavy (non-hydrogen) atoms. The Balaban J connectivity index is 1.56. The van der Waals surface area contributed by atoms with Gasteiger partial charge in [-0.1, -0.05) is 23.7 Å². The third-order valence-electron chi connectivity index (χ3n) is 6.99. The number of nitrogens with zero attached hydrogens (tertiary/aromatic N) is 5. The molecule has 1 amide bonds. The van der Waals surface area contributed by atoms with Crippen LogP contribution in [0.3, 0.4) is 0 Å². The summed E-state index contributed by atoms with van der Waals surface area (Å²) in [6.45, 7) is 2.26. The highest BCUT2D eigenvalue weighted by Crippen LogP contribution is 2.32. The summed E-state index contributed by atoms with van der Waals surface area (Å²) in [7, 11) is -1.42. The summed E-state index contributed by atoms with van der Waals surface area (Å²) < 4.78 is 13.7. The number of rotatable bonds is 6. The van der Waals surface area contributed by atoms with Crippen molar-refractivity contribution in [3.63, 3.8) is 0 Å². The van der Waals surface area contributed by atoms with Gasteiger partial charge >= 0.3 is 6.09 Å². The Hall–Kier alpha value is -3.70. The highest BCUT2D eigenvalue weighted by molar-refractivity contribution is 7.84. The number of fused-ring (bicyclic) bond motifs is 1. The monoisotopic (exact) mass is 566 g/mol. The van der Waals surface area contributed by atoms with Crippen LogP contribution in [0.25, 0.3) is 33.4 Å². The second-order valence-corrected chi connectivity index (χ2v) is 11.4. The summed E-state index contributed by atoms with van der Waals surface area (Å²) in [4.78, 5) is 42.4. The maximum atomic E-state index is 14.0. The van der Waals surface area contributed by atoms with Crippen LogP contribution >= 0.6 is 11.6 Å². The van der Waals surface area contributed by atoms with Gasteiger partial charge in [-0.05, 0) is 50.7 Å². The predicted octanol–water partition coefficient (Wildman–Crippen LogP) is 4.44. The van der Waals surface area contributed by atoms with E-state index in [1.165, 1.54) is 6.26 Å². The molecule has 3 aromatic heterocycles. The first-order valence-electron chi connectivity index (χ1n) is 12.5. The minimum Gasteiger partial charge on any atom is -0.465 e. The van der Waals surface area contributed by atoms with Crippen LogP contribution in [0, 0.1) is 12.8 Å². The lowest BCUT2D eigenvalue weighted by Crippen LogP contribution is -2.38. The van der Waals surface area contributed by atoms with Crippen LogP contribution in [0.1, 0.15) is 31.4 Å². The molecule has 1 unspecified atom stereocenters. The number of aromatic nitrogens is 5. The molecule has 0 radical (unpaired) electrons. The van der Waals surface area contributed by atoms with E-state index in [9.17, 15) is 13.8 Å². The van der Waals surface area contributed by atoms with Crippen LogP contribution in [0.5, 0.6) is 0 Å². The summed E-state index contributed by atoms with van der Waals surface area (Å²) in [6.07, 6.45) is 8.28. The molecule has 1 atom stereocenters. The van der Waals surface area contributed by atoms with E-state index in [1.54, 1.807) is 41.4 Å². The van der Waals surface area contributed by atoms with Crippen molar-refractivity contribution in [3.8, 4) is 22.4 Å². The highest BCUT2D eigenvalue weighted by Gasteiger charge is 2.25. The van der Waals surface area contributed by atoms with Crippen molar-refractivity contribution >= 4 is 39.5 Å². The van der Waals surface area contributed by atoms with Gasteiger partial charge in [0.05, 0.1) is 28.4 Å². The lowest BCUT2D eigenvalue weighted by molar-refractivity contribution is 0.181. The van der Waals surface area contributed by atoms with Crippen LogP contribution in [0.2, 0.25) is 5.02 Å². The second kappa shape index (κ2) is 11.2. The predicted molar refractivity (Wildman–Crippen MR) is 149 cm³/mol. The van der Waals surface area contributed by atoms with Gasteiger partial charge in [0.15, 0.2) is 0 Å². The molecule has 12 heteroatoms. The number of halogens is 1. The largest absolute Gasteiger partial charge is 0.465 e. The van der Waals surface area contributed by atoms with Crippen molar-refractivity contribution in [1.29, 1.82) is 0 Å². The van der Waals surface area contributed by atoms with Crippen LogP contribution < -0.4 is 10.9 Å². The number of hydrogen-bond donors (Lipinski definition) is 2. The molecule has 0 spiro atoms. The van der Waals surface area contributed by atoms with Crippen molar-refractivity contribution in [2.75, 3.05) is 6.26 Å². The average molecular weight is 567 g/mol. The molecule has 4 aromatic rings. The number of amides is 1. The number of nitrogens with one attached hydrogen (secondary N) is 1. The Morgan fingerprint density at radius 1 is 1.13 bits per heavy atom. The standard InChI is InChI=1S/C27H27ClN6O4S/c1-15-11-29-13-23(31-15)17-5-8-20(22(28)10-17)21-9-18-12-30-26(39(2)38)33-24(18)34(25(21)35)14-16-3-6-19(7-4-16)32-27(36)37/h5,8-13,16,19,32H,3-4,6-7,14H2,1-2H3,(H,36,37). The number of pyridine rings is 1. The molecular weight excluding hydrogens is 540 g/mol. The fraction of sp³-hybridized carbons (Fsp3) is 0.333. The summed E-state index contributed by atoms with van der Waals surface area (Å²) in [5.41, 5.74) is 3.38. The van der Waals surface area contributed by atoms with E-state index in [0.717, 1.165) is 24.1 Å². The van der Waals surface area contributed by atoms with E-state index in [0.29, 0.717) is 52.3 Å². The zero-order valence-electron chi connectivity index (χ0n) is 21.4. The van der Waals surface area contributed by atoms with Gasteiger partial charge in [-0.3, -0.25) is 18.6 Å². The van der Waals surface area contributed by atoms with Gasteiger partial charge in [0.1, 0.15) is 5.65 Å². The summed E-state index contributed by atoms with van der Waals surface area (Å²) in [5.74, 6) is 0.149. The van der Waals surface area contributed by atoms with Crippen molar-refractivity contribution < 1.29 is 14.1 Å². The maximum Gasteiger partial charge on any atom is 0.404 e. The first kappa shape index (κ1) is 26.9. The Labute approximate surface area is 232 Å². The zero-order chi connectivity index (χ0) is 27.7. The summed E-state index contributed by atoms with van der Waals surface area (Å²) in [6, 6.07) is 7.05. The Morgan fingerprint density at radius 3 is 2.56 bits per heavy atom. The Morgan fingerprint density at radius 2 is 1.90 bits per heavy atom. The Kier molecular flexibility index (Phi) is 7.72. The smallest absolute Gasteiger partial charge is 0.404 e. The zero-order valence-corrected chi connectivity index (χ0v) is 23.0. The number of carboxylic acid groups (broad SMARTS) is 1. The van der Waals surface area contributed by atoms with Crippen LogP contribution in [-0.4, -0.2) is 52.2 Å². The van der Waals surface area contributed by atoms with E-state index < -0.39 is 16.9 Å². The lowest BCUT2D eigenvalue weighted by Gasteiger charge is -2.29. The summed E-state index contributed by atoms with van der Waals surface area (Å²) >= 11 is 6.72. The number of benzene rings is 1. The van der Waals surface area contributed by atoms with Gasteiger partial charge in [-0.2, -0.15) is 0 Å². The third-order valence-corrected chi connectivity index (χ3v) is 8.01. The molecule has 1 aliphatic carbocycles. The average Bonchev–Trinajstić information content (AvgIpc) is 2.90. The lowest BCUT2D eigenvalue weighted by atomic mass is 9.86. The molecule has 202 valence electrons. The van der Waals surface area contributed by atoms with E-state index >= 15 is 0 Å². The normalized spacial score (nSPS) is 18.1. The number of aryl methyl sites for hydroxylation is 1. The molecular formula is C27H27ClN6O4S. The van der Waals surface area contributed by atoms with E-state index in [1.807, 2.05) is 13.0 Å². The minimum absolute atomic E-state index is 0.0922. The van der Waals surface area contributed by atoms with Gasteiger partial charge in [0, 0.05) is 58.3 Å². The third kappa shape index (κ3) is 5.84. The maximum absolute atomic E-state index is 14.0. The quantitative estimate of drug-likeness (QED) is 0.326. The molecule has 5 rings (SSSR count). The first-order chi connectivity index (χ1) is 18.7. The van der Waals surface area contributed by atoms with Crippen molar-refractivity contribution in [2.24, 2.45) is 5.92 Å². The molecule has 1 saturated carbocycles. The summed E-state index contributed by atoms with van der Waals surface area (Å²) in [5, 5.41) is 12.8. The highest BCUT2D eigenvalue weighted by atomic mass is 35.5. The van der Waals surface area contributed by atoms with Crippen molar-refractivity contribution in [2.45, 2.75) is 50.4 Å². The topological polar surface area (TPSA) is 140 Å². The van der Waals surface area contributed by atoms with Crippen molar-refractivity contribution in [3.05, 3.63) is 63.9 Å². The molecule has 1 aliphatic rings. The van der Waals surface area contributed by atoms with E-state index in [-0.39, 0.29) is 22.7 Å². The van der Waals surface area contributed by atoms with Gasteiger partial charge in [-0.25, -0.2) is 19.7 Å². The van der Waals surface area contributed by atoms with Gasteiger partial charge in [-0.15, -0.1) is 0 Å². The van der Waals surface area contributed by atoms with Gasteiger partial charge in [0.25, 0.3) is 5.56 Å². The first-order valence-corrected chi connectivity index (χ1v) is 14.5. The van der Waals surface area contributed by atoms with Crippen LogP contribution in [0.15, 0.2) is 52.8 Å². The molecule has 0 aliphatic heterocycles. The number of carbonyl (C=O) groups is 1. The van der Waals surface area contributed by atoms with Crippen molar-refractivity contribution in [1.82, 2.24) is 29.8 Å². The molecule has 0 bridgehead atoms. The van der Waals surface area contributed by atoms with E-state index in [2.05, 4.69) is 25.3 Å². The number of hydrogen-bond acceptors (Lipinski definition) is 7. The molecule has 1 aromatic carbocycles. The van der Waals surface area contributed by atoms with E-state index in [4.69, 9.17) is 16.7 Å². The fourth-order valence-electron chi connectivity index (χ4n) is 5.06. The molecule has 10 nitrogen and oxygen atoms in total. The fourth-order valence-corrected chi connectivity index (χ4v) is 5.76. The second-order valence-electron chi connectivity index (χ2n) is 9.77. The SMILES string of the molecule is Cc1cncc(-c2ccc(-c3cc4cnc(S(C)=O)nc4n(CC4CCC(NC(=O)O)CC4)c3=O)c(Cl)c2)n1. The molecule has 3 heterocycles. The molecule has 1 fully saturated rings. The van der Waals surface area contributed by atoms with Crippen LogP contribution in [-0.2, 0) is 17.3 Å². The van der Waals surface area contributed by atoms with Crippen LogP contribution in [0.4, 0.5) is 4.79 Å². The Bertz CT molecular complexity index is 1650. The minimum atomic E-state index is -1.42.